The van der Waals surface area contributed by atoms with Gasteiger partial charge in [-0.2, -0.15) is 4.98 Å². The molecule has 0 aliphatic rings. The highest BCUT2D eigenvalue weighted by atomic mass is 15.2. The van der Waals surface area contributed by atoms with Gasteiger partial charge in [-0.15, -0.1) is 0 Å². The van der Waals surface area contributed by atoms with Crippen molar-refractivity contribution in [3.05, 3.63) is 60.8 Å². The van der Waals surface area contributed by atoms with Crippen molar-refractivity contribution < 1.29 is 0 Å². The number of aryl methyl sites for hydroxylation is 1. The van der Waals surface area contributed by atoms with E-state index in [0.717, 1.165) is 28.2 Å². The second-order valence-corrected chi connectivity index (χ2v) is 5.99. The molecule has 0 atom stereocenters. The van der Waals surface area contributed by atoms with Gasteiger partial charge >= 0.3 is 0 Å². The summed E-state index contributed by atoms with van der Waals surface area (Å²) in [6.07, 6.45) is 1.74. The van der Waals surface area contributed by atoms with Gasteiger partial charge in [0.15, 0.2) is 0 Å². The molecule has 0 aliphatic carbocycles. The van der Waals surface area contributed by atoms with Crippen LogP contribution < -0.4 is 16.0 Å². The van der Waals surface area contributed by atoms with E-state index in [9.17, 15) is 0 Å². The molecule has 28 heavy (non-hydrogen) atoms. The molecule has 0 aliphatic heterocycles. The zero-order valence-corrected chi connectivity index (χ0v) is 16.6. The van der Waals surface area contributed by atoms with Crippen LogP contribution in [0.15, 0.2) is 60.8 Å². The molecule has 0 spiro atoms. The minimum Gasteiger partial charge on any atom is -0.369 e. The number of rotatable bonds is 4. The first-order valence-electron chi connectivity index (χ1n) is 9.22. The Balaban J connectivity index is 0.00000109. The zero-order valence-electron chi connectivity index (χ0n) is 16.6. The number of nitrogens with two attached hydrogens (primary N) is 1. The molecular formula is C21H25N7. The van der Waals surface area contributed by atoms with E-state index in [2.05, 4.69) is 20.3 Å². The number of para-hydroxylation sites is 1. The molecule has 4 rings (SSSR count). The van der Waals surface area contributed by atoms with Crippen LogP contribution in [0.4, 0.5) is 29.1 Å². The topological polar surface area (TPSA) is 84.9 Å². The molecule has 4 aromatic rings. The van der Waals surface area contributed by atoms with E-state index in [-0.39, 0.29) is 0 Å². The molecule has 0 radical (unpaired) electrons. The maximum Gasteiger partial charge on any atom is 0.229 e. The number of nitrogens with zero attached hydrogens (tertiary/aromatic N) is 5. The maximum atomic E-state index is 5.89. The van der Waals surface area contributed by atoms with Crippen molar-refractivity contribution in [1.82, 2.24) is 19.5 Å². The first kappa shape index (κ1) is 19.2. The normalized spacial score (nSPS) is 10.3. The predicted octanol–water partition coefficient (Wildman–Crippen LogP) is 4.48. The van der Waals surface area contributed by atoms with Crippen LogP contribution in [0, 0.1) is 0 Å². The smallest absolute Gasteiger partial charge is 0.229 e. The fourth-order valence-corrected chi connectivity index (χ4v) is 2.79. The second-order valence-electron chi connectivity index (χ2n) is 5.99. The van der Waals surface area contributed by atoms with Crippen LogP contribution in [-0.2, 0) is 7.05 Å². The van der Waals surface area contributed by atoms with Gasteiger partial charge in [0.25, 0.3) is 0 Å². The van der Waals surface area contributed by atoms with Gasteiger partial charge in [0.1, 0.15) is 5.82 Å². The number of nitrogen functional groups attached to an aromatic ring is 1. The largest absolute Gasteiger partial charge is 0.369 e. The van der Waals surface area contributed by atoms with E-state index in [4.69, 9.17) is 5.73 Å². The maximum absolute atomic E-state index is 5.89. The van der Waals surface area contributed by atoms with E-state index in [1.807, 2.05) is 92.0 Å². The summed E-state index contributed by atoms with van der Waals surface area (Å²) in [5.74, 6) is 1.82. The van der Waals surface area contributed by atoms with Crippen LogP contribution in [0.1, 0.15) is 13.8 Å². The SMILES string of the molecule is CC.CN(c1ccc2c(c1)nc(N)n2C)c1ccnc(Nc2ccccc2)n1. The molecule has 144 valence electrons. The molecule has 0 bridgehead atoms. The highest BCUT2D eigenvalue weighted by Crippen LogP contribution is 2.27. The van der Waals surface area contributed by atoms with Crippen LogP contribution in [-0.4, -0.2) is 26.6 Å². The van der Waals surface area contributed by atoms with Crippen molar-refractivity contribution in [1.29, 1.82) is 0 Å². The van der Waals surface area contributed by atoms with Gasteiger partial charge in [-0.3, -0.25) is 0 Å². The van der Waals surface area contributed by atoms with E-state index < -0.39 is 0 Å². The lowest BCUT2D eigenvalue weighted by Gasteiger charge is -2.19. The molecular weight excluding hydrogens is 350 g/mol. The van der Waals surface area contributed by atoms with Crippen molar-refractivity contribution in [3.63, 3.8) is 0 Å². The summed E-state index contributed by atoms with van der Waals surface area (Å²) in [5.41, 5.74) is 9.65. The molecule has 3 N–H and O–H groups in total. The minimum atomic E-state index is 0.496. The summed E-state index contributed by atoms with van der Waals surface area (Å²) >= 11 is 0. The summed E-state index contributed by atoms with van der Waals surface area (Å²) in [7, 11) is 3.86. The molecule has 2 aromatic heterocycles. The van der Waals surface area contributed by atoms with E-state index in [1.165, 1.54) is 0 Å². The Morgan fingerprint density at radius 1 is 1.00 bits per heavy atom. The third-order valence-corrected chi connectivity index (χ3v) is 4.30. The molecule has 2 aromatic carbocycles. The average molecular weight is 375 g/mol. The first-order valence-corrected chi connectivity index (χ1v) is 9.22. The minimum absolute atomic E-state index is 0.496. The van der Waals surface area contributed by atoms with Crippen molar-refractivity contribution in [2.24, 2.45) is 7.05 Å². The van der Waals surface area contributed by atoms with E-state index in [0.29, 0.717) is 11.9 Å². The third kappa shape index (κ3) is 3.88. The van der Waals surface area contributed by atoms with E-state index in [1.54, 1.807) is 6.20 Å². The Morgan fingerprint density at radius 3 is 2.50 bits per heavy atom. The standard InChI is InChI=1S/C19H19N7.C2H6/c1-25(14-8-9-16-15(12-14)23-18(20)26(16)2)17-10-11-21-19(24-17)22-13-6-4-3-5-7-13;1-2/h3-12H,1-2H3,(H2,20,23)(H,21,22,24);1-2H3. The number of hydrogen-bond donors (Lipinski definition) is 2. The zero-order chi connectivity index (χ0) is 20.1. The summed E-state index contributed by atoms with van der Waals surface area (Å²) in [5, 5.41) is 3.21. The monoisotopic (exact) mass is 375 g/mol. The van der Waals surface area contributed by atoms with Gasteiger partial charge in [0, 0.05) is 31.7 Å². The van der Waals surface area contributed by atoms with E-state index >= 15 is 0 Å². The van der Waals surface area contributed by atoms with Gasteiger partial charge in [-0.1, -0.05) is 32.0 Å². The number of anilines is 5. The fraction of sp³-hybridized carbons (Fsp3) is 0.190. The molecule has 0 amide bonds. The number of fused-ring (bicyclic) bond motifs is 1. The molecule has 0 fully saturated rings. The lowest BCUT2D eigenvalue weighted by atomic mass is 10.2. The number of hydrogen-bond acceptors (Lipinski definition) is 6. The number of nitrogens with one attached hydrogen (secondary N) is 1. The van der Waals surface area contributed by atoms with Crippen molar-refractivity contribution in [3.8, 4) is 0 Å². The van der Waals surface area contributed by atoms with Crippen LogP contribution >= 0.6 is 0 Å². The fourth-order valence-electron chi connectivity index (χ4n) is 2.79. The Labute approximate surface area is 164 Å². The molecule has 0 saturated carbocycles. The average Bonchev–Trinajstić information content (AvgIpc) is 3.03. The number of imidazole rings is 1. The van der Waals surface area contributed by atoms with Gasteiger partial charge in [-0.25, -0.2) is 9.97 Å². The van der Waals surface area contributed by atoms with Gasteiger partial charge < -0.3 is 20.5 Å². The Kier molecular flexibility index (Phi) is 5.74. The molecule has 0 saturated heterocycles. The van der Waals surface area contributed by atoms with Gasteiger partial charge in [-0.05, 0) is 36.4 Å². The Morgan fingerprint density at radius 2 is 1.75 bits per heavy atom. The highest BCUT2D eigenvalue weighted by Gasteiger charge is 2.11. The number of benzene rings is 2. The van der Waals surface area contributed by atoms with Crippen LogP contribution in [0.3, 0.4) is 0 Å². The first-order chi connectivity index (χ1) is 13.6. The highest BCUT2D eigenvalue weighted by molar-refractivity contribution is 5.83. The third-order valence-electron chi connectivity index (χ3n) is 4.30. The summed E-state index contributed by atoms with van der Waals surface area (Å²) in [4.78, 5) is 15.3. The Bertz CT molecular complexity index is 1060. The lowest BCUT2D eigenvalue weighted by molar-refractivity contribution is 0.965. The molecule has 7 nitrogen and oxygen atoms in total. The summed E-state index contributed by atoms with van der Waals surface area (Å²) in [6.45, 7) is 4.00. The quantitative estimate of drug-likeness (QED) is 0.547. The van der Waals surface area contributed by atoms with Crippen molar-refractivity contribution >= 4 is 40.1 Å². The van der Waals surface area contributed by atoms with Crippen LogP contribution in [0.25, 0.3) is 11.0 Å². The Hall–Kier alpha value is -3.61. The molecule has 7 heteroatoms. The van der Waals surface area contributed by atoms with Crippen LogP contribution in [0.5, 0.6) is 0 Å². The molecule has 2 heterocycles. The predicted molar refractivity (Wildman–Crippen MR) is 116 cm³/mol. The van der Waals surface area contributed by atoms with Crippen molar-refractivity contribution in [2.45, 2.75) is 13.8 Å². The van der Waals surface area contributed by atoms with Gasteiger partial charge in [0.05, 0.1) is 11.0 Å². The van der Waals surface area contributed by atoms with Crippen molar-refractivity contribution in [2.75, 3.05) is 23.0 Å². The number of aromatic nitrogens is 4. The second kappa shape index (κ2) is 8.39. The van der Waals surface area contributed by atoms with Crippen LogP contribution in [0.2, 0.25) is 0 Å². The summed E-state index contributed by atoms with van der Waals surface area (Å²) < 4.78 is 1.87. The lowest BCUT2D eigenvalue weighted by Crippen LogP contribution is -2.12. The molecule has 0 unspecified atom stereocenters. The summed E-state index contributed by atoms with van der Waals surface area (Å²) in [6, 6.07) is 17.7. The van der Waals surface area contributed by atoms with Gasteiger partial charge in [0.2, 0.25) is 11.9 Å².